The van der Waals surface area contributed by atoms with Crippen molar-refractivity contribution in [3.8, 4) is 22.1 Å². The van der Waals surface area contributed by atoms with Gasteiger partial charge >= 0.3 is 0 Å². The van der Waals surface area contributed by atoms with Gasteiger partial charge in [0.15, 0.2) is 22.3 Å². The molecule has 0 amide bonds. The first-order chi connectivity index (χ1) is 9.08. The van der Waals surface area contributed by atoms with Gasteiger partial charge in [0, 0.05) is 5.92 Å². The normalized spacial score (nSPS) is 11.5. The highest BCUT2D eigenvalue weighted by Gasteiger charge is 2.17. The summed E-state index contributed by atoms with van der Waals surface area (Å²) in [4.78, 5) is 0.668. The van der Waals surface area contributed by atoms with Gasteiger partial charge in [-0.05, 0) is 12.1 Å². The van der Waals surface area contributed by atoms with Gasteiger partial charge in [-0.15, -0.1) is 10.2 Å². The van der Waals surface area contributed by atoms with Crippen LogP contribution in [0.15, 0.2) is 18.2 Å². The van der Waals surface area contributed by atoms with Crippen molar-refractivity contribution in [1.29, 1.82) is 0 Å². The van der Waals surface area contributed by atoms with E-state index in [2.05, 4.69) is 15.3 Å². The Morgan fingerprint density at radius 3 is 2.74 bits per heavy atom. The molecule has 0 saturated carbocycles. The molecule has 0 aliphatic heterocycles. The predicted molar refractivity (Wildman–Crippen MR) is 71.5 cm³/mol. The molecule has 3 aromatic rings. The largest absolute Gasteiger partial charge is 0.504 e. The number of rotatable bonds is 2. The first-order valence-corrected chi connectivity index (χ1v) is 6.63. The quantitative estimate of drug-likeness (QED) is 0.702. The summed E-state index contributed by atoms with van der Waals surface area (Å²) in [5.41, 5.74) is 0.491. The Morgan fingerprint density at radius 2 is 2.00 bits per heavy atom. The second kappa shape index (κ2) is 4.20. The summed E-state index contributed by atoms with van der Waals surface area (Å²) in [7, 11) is 0. The van der Waals surface area contributed by atoms with Gasteiger partial charge in [-0.1, -0.05) is 31.3 Å². The average molecular weight is 276 g/mol. The Labute approximate surface area is 113 Å². The molecule has 2 N–H and O–H groups in total. The molecule has 2 aromatic heterocycles. The molecule has 3 rings (SSSR count). The summed E-state index contributed by atoms with van der Waals surface area (Å²) in [6.45, 7) is 4.03. The van der Waals surface area contributed by atoms with Gasteiger partial charge in [0.25, 0.3) is 0 Å². The molecule has 19 heavy (non-hydrogen) atoms. The standard InChI is InChI=1S/C12H12N4O2S/c1-6(2)10-13-14-12-16(10)15-11(19-12)7-4-3-5-8(17)9(7)18/h3-6,17-18H,1-2H3. The van der Waals surface area contributed by atoms with Gasteiger partial charge in [0.2, 0.25) is 4.96 Å². The van der Waals surface area contributed by atoms with Crippen molar-refractivity contribution in [2.75, 3.05) is 0 Å². The highest BCUT2D eigenvalue weighted by Crippen LogP contribution is 2.38. The van der Waals surface area contributed by atoms with Crippen molar-refractivity contribution in [3.63, 3.8) is 0 Å². The smallest absolute Gasteiger partial charge is 0.234 e. The van der Waals surface area contributed by atoms with Crippen LogP contribution in [0.5, 0.6) is 11.5 Å². The lowest BCUT2D eigenvalue weighted by Crippen LogP contribution is -1.97. The van der Waals surface area contributed by atoms with E-state index in [1.807, 2.05) is 13.8 Å². The lowest BCUT2D eigenvalue weighted by atomic mass is 10.2. The van der Waals surface area contributed by atoms with Crippen LogP contribution in [0.25, 0.3) is 15.5 Å². The summed E-state index contributed by atoms with van der Waals surface area (Å²) < 4.78 is 1.67. The van der Waals surface area contributed by atoms with E-state index in [4.69, 9.17) is 0 Å². The van der Waals surface area contributed by atoms with Crippen molar-refractivity contribution >= 4 is 16.3 Å². The highest BCUT2D eigenvalue weighted by molar-refractivity contribution is 7.19. The first kappa shape index (κ1) is 11.9. The van der Waals surface area contributed by atoms with Crippen molar-refractivity contribution in [1.82, 2.24) is 19.8 Å². The molecule has 0 spiro atoms. The molecule has 0 bridgehead atoms. The van der Waals surface area contributed by atoms with Crippen molar-refractivity contribution in [3.05, 3.63) is 24.0 Å². The maximum Gasteiger partial charge on any atom is 0.234 e. The van der Waals surface area contributed by atoms with E-state index in [1.165, 1.54) is 17.4 Å². The summed E-state index contributed by atoms with van der Waals surface area (Å²) in [5, 5.41) is 32.5. The number of hydrogen-bond donors (Lipinski definition) is 2. The second-order valence-corrected chi connectivity index (χ2v) is 5.44. The van der Waals surface area contributed by atoms with E-state index in [0.29, 0.717) is 15.5 Å². The first-order valence-electron chi connectivity index (χ1n) is 5.81. The third-order valence-electron chi connectivity index (χ3n) is 2.78. The molecule has 1 aromatic carbocycles. The number of aromatic hydroxyl groups is 2. The van der Waals surface area contributed by atoms with Crippen LogP contribution in [-0.2, 0) is 0 Å². The Morgan fingerprint density at radius 1 is 1.21 bits per heavy atom. The molecular weight excluding hydrogens is 264 g/mol. The van der Waals surface area contributed by atoms with E-state index in [1.54, 1.807) is 16.6 Å². The molecule has 0 fully saturated rings. The van der Waals surface area contributed by atoms with E-state index in [9.17, 15) is 10.2 Å². The number of para-hydroxylation sites is 1. The molecule has 7 heteroatoms. The number of phenolic OH excluding ortho intramolecular Hbond substituents is 2. The minimum atomic E-state index is -0.168. The Bertz CT molecular complexity index is 747. The van der Waals surface area contributed by atoms with E-state index in [0.717, 1.165) is 5.82 Å². The second-order valence-electron chi connectivity index (χ2n) is 4.49. The molecule has 2 heterocycles. The number of hydrogen-bond acceptors (Lipinski definition) is 6. The zero-order chi connectivity index (χ0) is 13.6. The van der Waals surface area contributed by atoms with E-state index < -0.39 is 0 Å². The molecule has 98 valence electrons. The van der Waals surface area contributed by atoms with Crippen molar-refractivity contribution in [2.24, 2.45) is 0 Å². The van der Waals surface area contributed by atoms with Crippen LogP contribution in [0.4, 0.5) is 0 Å². The average Bonchev–Trinajstić information content (AvgIpc) is 2.91. The molecule has 0 aliphatic rings. The summed E-state index contributed by atoms with van der Waals surface area (Å²) in [6, 6.07) is 4.80. The van der Waals surface area contributed by atoms with Crippen molar-refractivity contribution < 1.29 is 10.2 Å². The minimum absolute atomic E-state index is 0.160. The number of benzene rings is 1. The Balaban J connectivity index is 2.18. The molecule has 0 aliphatic carbocycles. The van der Waals surface area contributed by atoms with Crippen LogP contribution in [0.3, 0.4) is 0 Å². The van der Waals surface area contributed by atoms with Crippen LogP contribution in [0.1, 0.15) is 25.6 Å². The number of fused-ring (bicyclic) bond motifs is 1. The third-order valence-corrected chi connectivity index (χ3v) is 3.71. The molecule has 0 saturated heterocycles. The monoisotopic (exact) mass is 276 g/mol. The topological polar surface area (TPSA) is 83.5 Å². The third kappa shape index (κ3) is 1.82. The van der Waals surface area contributed by atoms with Crippen LogP contribution < -0.4 is 0 Å². The Kier molecular flexibility index (Phi) is 2.63. The van der Waals surface area contributed by atoms with E-state index in [-0.39, 0.29) is 17.4 Å². The fourth-order valence-electron chi connectivity index (χ4n) is 1.80. The van der Waals surface area contributed by atoms with Crippen molar-refractivity contribution in [2.45, 2.75) is 19.8 Å². The minimum Gasteiger partial charge on any atom is -0.504 e. The molecule has 0 radical (unpaired) electrons. The van der Waals surface area contributed by atoms with Gasteiger partial charge in [0.05, 0.1) is 5.56 Å². The number of aromatic nitrogens is 4. The number of phenols is 2. The summed E-state index contributed by atoms with van der Waals surface area (Å²) >= 11 is 1.32. The summed E-state index contributed by atoms with van der Waals surface area (Å²) in [6.07, 6.45) is 0. The zero-order valence-electron chi connectivity index (χ0n) is 10.4. The van der Waals surface area contributed by atoms with Crippen LogP contribution in [0.2, 0.25) is 0 Å². The highest BCUT2D eigenvalue weighted by atomic mass is 32.1. The van der Waals surface area contributed by atoms with E-state index >= 15 is 0 Å². The lowest BCUT2D eigenvalue weighted by Gasteiger charge is -2.02. The lowest BCUT2D eigenvalue weighted by molar-refractivity contribution is 0.405. The molecule has 6 nitrogen and oxygen atoms in total. The summed E-state index contributed by atoms with van der Waals surface area (Å²) in [5.74, 6) is 0.658. The van der Waals surface area contributed by atoms with Gasteiger partial charge in [-0.25, -0.2) is 0 Å². The predicted octanol–water partition coefficient (Wildman–Crippen LogP) is 2.39. The van der Waals surface area contributed by atoms with Crippen LogP contribution >= 0.6 is 11.3 Å². The molecular formula is C12H12N4O2S. The van der Waals surface area contributed by atoms with Gasteiger partial charge < -0.3 is 10.2 Å². The van der Waals surface area contributed by atoms with Crippen LogP contribution in [-0.4, -0.2) is 30.0 Å². The number of nitrogens with zero attached hydrogens (tertiary/aromatic N) is 4. The maximum absolute atomic E-state index is 9.86. The molecule has 0 atom stereocenters. The fraction of sp³-hybridized carbons (Fsp3) is 0.250. The van der Waals surface area contributed by atoms with Crippen LogP contribution in [0, 0.1) is 0 Å². The molecule has 0 unspecified atom stereocenters. The zero-order valence-corrected chi connectivity index (χ0v) is 11.2. The fourth-order valence-corrected chi connectivity index (χ4v) is 2.68. The van der Waals surface area contributed by atoms with Gasteiger partial charge in [0.1, 0.15) is 0 Å². The SMILES string of the molecule is CC(C)c1nnc2sc(-c3cccc(O)c3O)nn12. The van der Waals surface area contributed by atoms with Gasteiger partial charge in [-0.2, -0.15) is 9.61 Å². The Hall–Kier alpha value is -2.15. The maximum atomic E-state index is 9.86. The van der Waals surface area contributed by atoms with Gasteiger partial charge in [-0.3, -0.25) is 0 Å².